The third-order valence-corrected chi connectivity index (χ3v) is 2.90. The molecule has 0 saturated carbocycles. The van der Waals surface area contributed by atoms with Gasteiger partial charge in [0.2, 0.25) is 5.91 Å². The normalized spacial score (nSPS) is 14.3. The van der Waals surface area contributed by atoms with E-state index in [0.717, 1.165) is 0 Å². The predicted molar refractivity (Wildman–Crippen MR) is 63.2 cm³/mol. The third-order valence-electron chi connectivity index (χ3n) is 2.77. The van der Waals surface area contributed by atoms with E-state index < -0.39 is 11.4 Å². The van der Waals surface area contributed by atoms with Gasteiger partial charge < -0.3 is 10.4 Å². The van der Waals surface area contributed by atoms with Crippen molar-refractivity contribution >= 4 is 23.5 Å². The summed E-state index contributed by atoms with van der Waals surface area (Å²) < 4.78 is 0. The average Bonchev–Trinajstić information content (AvgIpc) is 2.13. The van der Waals surface area contributed by atoms with Gasteiger partial charge in [-0.25, -0.2) is 0 Å². The van der Waals surface area contributed by atoms with Crippen molar-refractivity contribution in [1.29, 1.82) is 0 Å². The van der Waals surface area contributed by atoms with Crippen LogP contribution in [-0.4, -0.2) is 23.5 Å². The molecule has 1 unspecified atom stereocenters. The molecule has 0 radical (unpaired) electrons. The number of nitrogens with one attached hydrogen (secondary N) is 1. The van der Waals surface area contributed by atoms with E-state index in [1.807, 2.05) is 0 Å². The molecular weight excluding hydrogens is 230 g/mol. The number of hydrogen-bond donors (Lipinski definition) is 2. The van der Waals surface area contributed by atoms with Crippen LogP contribution in [0.25, 0.3) is 0 Å². The Morgan fingerprint density at radius 2 is 2.00 bits per heavy atom. The summed E-state index contributed by atoms with van der Waals surface area (Å²) in [5, 5.41) is 11.9. The maximum absolute atomic E-state index is 11.5. The van der Waals surface area contributed by atoms with E-state index in [4.69, 9.17) is 16.7 Å². The lowest BCUT2D eigenvalue weighted by atomic mass is 9.76. The number of rotatable bonds is 6. The summed E-state index contributed by atoms with van der Waals surface area (Å²) in [7, 11) is 0. The van der Waals surface area contributed by atoms with Crippen molar-refractivity contribution in [2.75, 3.05) is 6.54 Å². The van der Waals surface area contributed by atoms with Crippen LogP contribution in [0.5, 0.6) is 0 Å². The molecule has 1 amide bonds. The van der Waals surface area contributed by atoms with Gasteiger partial charge in [-0.2, -0.15) is 0 Å². The minimum Gasteiger partial charge on any atom is -0.481 e. The van der Waals surface area contributed by atoms with Gasteiger partial charge in [0.25, 0.3) is 0 Å². The molecule has 0 bridgehead atoms. The first-order valence-corrected chi connectivity index (χ1v) is 5.41. The Kier molecular flexibility index (Phi) is 5.51. The molecule has 0 aromatic carbocycles. The molecule has 1 atom stereocenters. The van der Waals surface area contributed by atoms with E-state index >= 15 is 0 Å². The molecule has 0 aromatic heterocycles. The zero-order chi connectivity index (χ0) is 12.9. The zero-order valence-electron chi connectivity index (χ0n) is 9.84. The molecule has 0 aliphatic rings. The Morgan fingerprint density at radius 1 is 1.50 bits per heavy atom. The van der Waals surface area contributed by atoms with Gasteiger partial charge in [-0.05, 0) is 12.8 Å². The molecule has 0 rings (SSSR count). The number of halogens is 1. The summed E-state index contributed by atoms with van der Waals surface area (Å²) in [6, 6.07) is 0. The van der Waals surface area contributed by atoms with Crippen LogP contribution in [0.15, 0.2) is 11.6 Å². The topological polar surface area (TPSA) is 66.4 Å². The standard InChI is InChI=1S/C11H18ClNO3/c1-7(2)11(4,10(15)16)5-9(14)13-6-8(3)12/h7H,3,5-6H2,1-2,4H3,(H,13,14)(H,15,16). The number of carbonyl (C=O) groups is 2. The second-order valence-corrected chi connectivity index (χ2v) is 4.88. The highest BCUT2D eigenvalue weighted by Gasteiger charge is 2.38. The summed E-state index contributed by atoms with van der Waals surface area (Å²) in [6.07, 6.45) is -0.0653. The quantitative estimate of drug-likeness (QED) is 0.754. The number of amides is 1. The molecular formula is C11H18ClNO3. The van der Waals surface area contributed by atoms with Crippen molar-refractivity contribution in [3.63, 3.8) is 0 Å². The Morgan fingerprint density at radius 3 is 2.31 bits per heavy atom. The maximum Gasteiger partial charge on any atom is 0.310 e. The fourth-order valence-electron chi connectivity index (χ4n) is 1.12. The van der Waals surface area contributed by atoms with Crippen LogP contribution in [0.3, 0.4) is 0 Å². The number of carbonyl (C=O) groups excluding carboxylic acids is 1. The number of aliphatic carboxylic acids is 1. The highest BCUT2D eigenvalue weighted by Crippen LogP contribution is 2.31. The summed E-state index contributed by atoms with van der Waals surface area (Å²) in [6.45, 7) is 8.71. The molecule has 5 heteroatoms. The third kappa shape index (κ3) is 4.23. The zero-order valence-corrected chi connectivity index (χ0v) is 10.6. The Hall–Kier alpha value is -1.03. The Bertz CT molecular complexity index is 302. The van der Waals surface area contributed by atoms with Crippen molar-refractivity contribution < 1.29 is 14.7 Å². The molecule has 0 spiro atoms. The highest BCUT2D eigenvalue weighted by molar-refractivity contribution is 6.29. The summed E-state index contributed by atoms with van der Waals surface area (Å²) in [5.74, 6) is -1.43. The first-order chi connectivity index (χ1) is 7.20. The Balaban J connectivity index is 4.48. The van der Waals surface area contributed by atoms with Gasteiger partial charge in [0.1, 0.15) is 0 Å². The molecule has 92 valence electrons. The smallest absolute Gasteiger partial charge is 0.310 e. The largest absolute Gasteiger partial charge is 0.481 e. The van der Waals surface area contributed by atoms with Crippen LogP contribution in [0.4, 0.5) is 0 Å². The van der Waals surface area contributed by atoms with E-state index in [2.05, 4.69) is 11.9 Å². The van der Waals surface area contributed by atoms with Gasteiger partial charge in [0.15, 0.2) is 0 Å². The van der Waals surface area contributed by atoms with Gasteiger partial charge in [0.05, 0.1) is 12.0 Å². The summed E-state index contributed by atoms with van der Waals surface area (Å²) >= 11 is 5.49. The van der Waals surface area contributed by atoms with Crippen LogP contribution in [0.1, 0.15) is 27.2 Å². The van der Waals surface area contributed by atoms with Crippen LogP contribution < -0.4 is 5.32 Å². The van der Waals surface area contributed by atoms with Crippen molar-refractivity contribution in [2.45, 2.75) is 27.2 Å². The fraction of sp³-hybridized carbons (Fsp3) is 0.636. The lowest BCUT2D eigenvalue weighted by molar-refractivity contribution is -0.153. The van der Waals surface area contributed by atoms with Gasteiger partial charge in [-0.1, -0.05) is 32.0 Å². The van der Waals surface area contributed by atoms with E-state index in [9.17, 15) is 9.59 Å². The molecule has 0 aromatic rings. The van der Waals surface area contributed by atoms with Crippen molar-refractivity contribution in [3.05, 3.63) is 11.6 Å². The van der Waals surface area contributed by atoms with Crippen molar-refractivity contribution in [2.24, 2.45) is 11.3 Å². The lowest BCUT2D eigenvalue weighted by Crippen LogP contribution is -2.39. The van der Waals surface area contributed by atoms with Crippen LogP contribution in [0.2, 0.25) is 0 Å². The average molecular weight is 248 g/mol. The maximum atomic E-state index is 11.5. The van der Waals surface area contributed by atoms with E-state index in [0.29, 0.717) is 5.03 Å². The van der Waals surface area contributed by atoms with Crippen molar-refractivity contribution in [1.82, 2.24) is 5.32 Å². The predicted octanol–water partition coefficient (Wildman–Crippen LogP) is 1.99. The lowest BCUT2D eigenvalue weighted by Gasteiger charge is -2.28. The highest BCUT2D eigenvalue weighted by atomic mass is 35.5. The van der Waals surface area contributed by atoms with Gasteiger partial charge in [-0.3, -0.25) is 9.59 Å². The summed E-state index contributed by atoms with van der Waals surface area (Å²) in [4.78, 5) is 22.6. The number of hydrogen-bond acceptors (Lipinski definition) is 2. The fourth-order valence-corrected chi connectivity index (χ4v) is 1.18. The monoisotopic (exact) mass is 247 g/mol. The molecule has 0 fully saturated rings. The number of carboxylic acids is 1. The van der Waals surface area contributed by atoms with Crippen molar-refractivity contribution in [3.8, 4) is 0 Å². The van der Waals surface area contributed by atoms with Gasteiger partial charge in [-0.15, -0.1) is 0 Å². The molecule has 0 aliphatic heterocycles. The van der Waals surface area contributed by atoms with E-state index in [-0.39, 0.29) is 24.8 Å². The van der Waals surface area contributed by atoms with E-state index in [1.165, 1.54) is 0 Å². The minimum atomic E-state index is -1.06. The molecule has 0 saturated heterocycles. The minimum absolute atomic E-state index is 0.0653. The molecule has 16 heavy (non-hydrogen) atoms. The Labute approximate surface area is 101 Å². The van der Waals surface area contributed by atoms with Crippen LogP contribution in [-0.2, 0) is 9.59 Å². The second-order valence-electron chi connectivity index (χ2n) is 4.35. The molecule has 2 N–H and O–H groups in total. The van der Waals surface area contributed by atoms with Gasteiger partial charge in [0, 0.05) is 11.5 Å². The first kappa shape index (κ1) is 15.0. The molecule has 4 nitrogen and oxygen atoms in total. The van der Waals surface area contributed by atoms with Crippen LogP contribution >= 0.6 is 11.6 Å². The number of carboxylic acid groups (broad SMARTS) is 1. The second kappa shape index (κ2) is 5.89. The first-order valence-electron chi connectivity index (χ1n) is 5.03. The summed E-state index contributed by atoms with van der Waals surface area (Å²) in [5.41, 5.74) is -1.06. The van der Waals surface area contributed by atoms with Crippen LogP contribution in [0, 0.1) is 11.3 Å². The van der Waals surface area contributed by atoms with E-state index in [1.54, 1.807) is 20.8 Å². The molecule has 0 aliphatic carbocycles. The SMILES string of the molecule is C=C(Cl)CNC(=O)CC(C)(C(=O)O)C(C)C. The van der Waals surface area contributed by atoms with Gasteiger partial charge >= 0.3 is 5.97 Å². The molecule has 0 heterocycles.